The highest BCUT2D eigenvalue weighted by Gasteiger charge is 2.19. The Kier molecular flexibility index (Phi) is 6.96. The van der Waals surface area contributed by atoms with Gasteiger partial charge in [-0.1, -0.05) is 18.2 Å². The van der Waals surface area contributed by atoms with Crippen molar-refractivity contribution in [2.75, 3.05) is 44.7 Å². The zero-order valence-corrected chi connectivity index (χ0v) is 20.6. The molecule has 0 spiro atoms. The van der Waals surface area contributed by atoms with Crippen molar-refractivity contribution in [1.29, 1.82) is 0 Å². The number of pyridine rings is 1. The van der Waals surface area contributed by atoms with E-state index in [4.69, 9.17) is 5.73 Å². The van der Waals surface area contributed by atoms with Gasteiger partial charge in [0.1, 0.15) is 0 Å². The van der Waals surface area contributed by atoms with Crippen molar-refractivity contribution in [1.82, 2.24) is 25.4 Å². The summed E-state index contributed by atoms with van der Waals surface area (Å²) in [5.41, 5.74) is 12.4. The van der Waals surface area contributed by atoms with E-state index in [1.807, 2.05) is 36.7 Å². The van der Waals surface area contributed by atoms with Crippen LogP contribution in [0.5, 0.6) is 0 Å². The number of rotatable bonds is 7. The van der Waals surface area contributed by atoms with Crippen molar-refractivity contribution in [3.8, 4) is 33.6 Å². The van der Waals surface area contributed by atoms with Gasteiger partial charge in [-0.05, 0) is 55.1 Å². The minimum Gasteiger partial charge on any atom is -0.368 e. The van der Waals surface area contributed by atoms with Gasteiger partial charge in [-0.3, -0.25) is 19.7 Å². The third kappa shape index (κ3) is 5.52. The fraction of sp³-hybridized carbons (Fsp3) is 0.214. The number of hydrogen-bond acceptors (Lipinski definition) is 6. The van der Waals surface area contributed by atoms with Gasteiger partial charge in [-0.2, -0.15) is 5.10 Å². The van der Waals surface area contributed by atoms with E-state index in [-0.39, 0.29) is 12.5 Å². The normalized spacial score (nSPS) is 13.9. The summed E-state index contributed by atoms with van der Waals surface area (Å²) in [4.78, 5) is 32.3. The van der Waals surface area contributed by atoms with Gasteiger partial charge in [-0.25, -0.2) is 0 Å². The molecule has 4 N–H and O–H groups in total. The number of nitrogens with two attached hydrogens (primary N) is 1. The monoisotopic (exact) mass is 495 g/mol. The van der Waals surface area contributed by atoms with Crippen molar-refractivity contribution >= 4 is 17.5 Å². The summed E-state index contributed by atoms with van der Waals surface area (Å²) in [6.45, 7) is 3.80. The Morgan fingerprint density at radius 1 is 0.946 bits per heavy atom. The highest BCUT2D eigenvalue weighted by molar-refractivity contribution is 5.97. The lowest BCUT2D eigenvalue weighted by Crippen LogP contribution is -2.44. The Labute approximate surface area is 215 Å². The molecule has 5 rings (SSSR count). The Hall–Kier alpha value is -4.50. The maximum atomic E-state index is 12.4. The summed E-state index contributed by atoms with van der Waals surface area (Å²) in [5.74, 6) is -0.955. The number of amides is 2. The van der Waals surface area contributed by atoms with Crippen LogP contribution in [0.2, 0.25) is 0 Å². The summed E-state index contributed by atoms with van der Waals surface area (Å²) >= 11 is 0. The van der Waals surface area contributed by atoms with Crippen LogP contribution in [-0.4, -0.2) is 71.7 Å². The standard InChI is InChI=1S/C28H29N7O2/c1-34-11-13-35(14-12-34)26-6-5-21(16-23(26)19-7-9-30-10-8-19)25-17-24(32-33-25)20-3-2-4-22(15-20)28(37)31-18-27(29)36/h2-10,15-17H,11-14,18H2,1H3,(H2,29,36)(H,31,37)(H,32,33). The van der Waals surface area contributed by atoms with E-state index < -0.39 is 5.91 Å². The predicted octanol–water partition coefficient (Wildman–Crippen LogP) is 2.77. The summed E-state index contributed by atoms with van der Waals surface area (Å²) in [6, 6.07) is 19.6. The van der Waals surface area contributed by atoms with E-state index in [0.717, 1.165) is 54.1 Å². The largest absolute Gasteiger partial charge is 0.368 e. The molecule has 1 saturated heterocycles. The van der Waals surface area contributed by atoms with E-state index in [9.17, 15) is 9.59 Å². The van der Waals surface area contributed by atoms with Crippen LogP contribution in [0.3, 0.4) is 0 Å². The van der Waals surface area contributed by atoms with Crippen molar-refractivity contribution < 1.29 is 9.59 Å². The molecule has 0 radical (unpaired) electrons. The maximum Gasteiger partial charge on any atom is 0.251 e. The minimum atomic E-state index is -0.591. The number of likely N-dealkylation sites (N-methyl/N-ethyl adjacent to an activating group) is 1. The molecule has 188 valence electrons. The average molecular weight is 496 g/mol. The average Bonchev–Trinajstić information content (AvgIpc) is 3.43. The highest BCUT2D eigenvalue weighted by Crippen LogP contribution is 2.35. The first kappa shape index (κ1) is 24.2. The third-order valence-corrected chi connectivity index (χ3v) is 6.56. The van der Waals surface area contributed by atoms with E-state index >= 15 is 0 Å². The van der Waals surface area contributed by atoms with Crippen molar-refractivity contribution in [2.24, 2.45) is 5.73 Å². The summed E-state index contributed by atoms with van der Waals surface area (Å²) in [7, 11) is 2.16. The van der Waals surface area contributed by atoms with E-state index in [0.29, 0.717) is 11.3 Å². The lowest BCUT2D eigenvalue weighted by molar-refractivity contribution is -0.117. The number of primary amides is 1. The fourth-order valence-electron chi connectivity index (χ4n) is 4.50. The lowest BCUT2D eigenvalue weighted by Gasteiger charge is -2.35. The first-order valence-electron chi connectivity index (χ1n) is 12.2. The molecule has 2 amide bonds. The van der Waals surface area contributed by atoms with Gasteiger partial charge in [-0.15, -0.1) is 0 Å². The van der Waals surface area contributed by atoms with Gasteiger partial charge in [0.2, 0.25) is 5.91 Å². The number of aromatic nitrogens is 3. The number of H-pyrrole nitrogens is 1. The van der Waals surface area contributed by atoms with Crippen LogP contribution < -0.4 is 16.0 Å². The SMILES string of the molecule is CN1CCN(c2ccc(-c3cc(-c4cccc(C(=O)NCC(N)=O)c4)n[nH]3)cc2-c2ccncc2)CC1. The number of nitrogens with one attached hydrogen (secondary N) is 2. The number of benzene rings is 2. The molecule has 3 heterocycles. The zero-order chi connectivity index (χ0) is 25.8. The fourth-order valence-corrected chi connectivity index (χ4v) is 4.50. The topological polar surface area (TPSA) is 120 Å². The van der Waals surface area contributed by atoms with Gasteiger partial charge in [0.15, 0.2) is 0 Å². The second kappa shape index (κ2) is 10.6. The van der Waals surface area contributed by atoms with E-state index in [2.05, 4.69) is 55.5 Å². The molecule has 0 aliphatic carbocycles. The Bertz CT molecular complexity index is 1410. The van der Waals surface area contributed by atoms with Crippen LogP contribution >= 0.6 is 0 Å². The first-order chi connectivity index (χ1) is 18.0. The van der Waals surface area contributed by atoms with Gasteiger partial charge in [0.25, 0.3) is 5.91 Å². The molecule has 2 aromatic heterocycles. The van der Waals surface area contributed by atoms with Gasteiger partial charge in [0, 0.05) is 66.5 Å². The molecule has 0 saturated carbocycles. The summed E-state index contributed by atoms with van der Waals surface area (Å²) < 4.78 is 0. The van der Waals surface area contributed by atoms with Crippen LogP contribution in [0.4, 0.5) is 5.69 Å². The van der Waals surface area contributed by atoms with Crippen molar-refractivity contribution in [3.63, 3.8) is 0 Å². The Balaban J connectivity index is 1.45. The summed E-state index contributed by atoms with van der Waals surface area (Å²) in [6.07, 6.45) is 3.63. The molecule has 4 aromatic rings. The van der Waals surface area contributed by atoms with Gasteiger partial charge >= 0.3 is 0 Å². The first-order valence-corrected chi connectivity index (χ1v) is 12.2. The van der Waals surface area contributed by atoms with Crippen molar-refractivity contribution in [2.45, 2.75) is 0 Å². The highest BCUT2D eigenvalue weighted by atomic mass is 16.2. The summed E-state index contributed by atoms with van der Waals surface area (Å²) in [5, 5.41) is 10.2. The molecule has 0 bridgehead atoms. The molecule has 9 nitrogen and oxygen atoms in total. The molecule has 9 heteroatoms. The molecule has 0 atom stereocenters. The van der Waals surface area contributed by atoms with Gasteiger partial charge < -0.3 is 20.9 Å². The lowest BCUT2D eigenvalue weighted by atomic mass is 9.99. The van der Waals surface area contributed by atoms with Crippen LogP contribution in [0.15, 0.2) is 73.1 Å². The van der Waals surface area contributed by atoms with Crippen LogP contribution in [0.25, 0.3) is 33.6 Å². The van der Waals surface area contributed by atoms with E-state index in [1.54, 1.807) is 18.2 Å². The molecule has 1 aliphatic heterocycles. The number of piperazine rings is 1. The molecular formula is C28H29N7O2. The predicted molar refractivity (Wildman–Crippen MR) is 144 cm³/mol. The second-order valence-corrected chi connectivity index (χ2v) is 9.15. The second-order valence-electron chi connectivity index (χ2n) is 9.15. The van der Waals surface area contributed by atoms with Crippen LogP contribution in [-0.2, 0) is 4.79 Å². The number of carbonyl (C=O) groups excluding carboxylic acids is 2. The number of aromatic amines is 1. The van der Waals surface area contributed by atoms with Gasteiger partial charge in [0.05, 0.1) is 17.9 Å². The minimum absolute atomic E-state index is 0.209. The quantitative estimate of drug-likeness (QED) is 0.363. The molecule has 1 fully saturated rings. The molecular weight excluding hydrogens is 466 g/mol. The number of carbonyl (C=O) groups is 2. The maximum absolute atomic E-state index is 12.4. The van der Waals surface area contributed by atoms with Crippen LogP contribution in [0.1, 0.15) is 10.4 Å². The van der Waals surface area contributed by atoms with Crippen LogP contribution in [0, 0.1) is 0 Å². The Morgan fingerprint density at radius 3 is 2.49 bits per heavy atom. The molecule has 37 heavy (non-hydrogen) atoms. The molecule has 0 unspecified atom stereocenters. The van der Waals surface area contributed by atoms with Crippen molar-refractivity contribution in [3.05, 3.63) is 78.6 Å². The zero-order valence-electron chi connectivity index (χ0n) is 20.6. The Morgan fingerprint density at radius 2 is 1.73 bits per heavy atom. The number of anilines is 1. The van der Waals surface area contributed by atoms with E-state index in [1.165, 1.54) is 5.69 Å². The molecule has 2 aromatic carbocycles. The number of hydrogen-bond donors (Lipinski definition) is 3. The molecule has 1 aliphatic rings. The third-order valence-electron chi connectivity index (χ3n) is 6.56. The number of nitrogens with zero attached hydrogens (tertiary/aromatic N) is 4. The smallest absolute Gasteiger partial charge is 0.251 e.